The Balaban J connectivity index is 3.07. The van der Waals surface area contributed by atoms with E-state index in [2.05, 4.69) is 20.8 Å². The summed E-state index contributed by atoms with van der Waals surface area (Å²) in [6.45, 7) is 6.39. The molecule has 0 fully saturated rings. The Bertz CT molecular complexity index is 261. The Morgan fingerprint density at radius 1 is 1.31 bits per heavy atom. The molecule has 0 heterocycles. The van der Waals surface area contributed by atoms with Crippen LogP contribution in [0.3, 0.4) is 0 Å². The van der Waals surface area contributed by atoms with Gasteiger partial charge in [0.2, 0.25) is 0 Å². The van der Waals surface area contributed by atoms with E-state index in [-0.39, 0.29) is 6.04 Å². The molecule has 0 aromatic rings. The molecule has 0 spiro atoms. The minimum atomic E-state index is 0.156. The van der Waals surface area contributed by atoms with E-state index in [9.17, 15) is 0 Å². The maximum atomic E-state index is 6.04. The number of rotatable bonds is 2. The molecule has 74 valence electrons. The van der Waals surface area contributed by atoms with Crippen molar-refractivity contribution in [2.45, 2.75) is 46.1 Å². The number of nitrogens with two attached hydrogens (primary N) is 2. The lowest BCUT2D eigenvalue weighted by atomic mass is 9.85. The number of hydrogen-bond acceptors (Lipinski definition) is 2. The summed E-state index contributed by atoms with van der Waals surface area (Å²) in [4.78, 5) is 0. The second kappa shape index (κ2) is 3.97. The van der Waals surface area contributed by atoms with Crippen molar-refractivity contribution in [3.05, 3.63) is 22.4 Å². The number of hydrogen-bond donors (Lipinski definition) is 2. The molecule has 0 saturated heterocycles. The maximum absolute atomic E-state index is 6.04. The van der Waals surface area contributed by atoms with Crippen LogP contribution in [0.5, 0.6) is 0 Å². The van der Waals surface area contributed by atoms with Gasteiger partial charge in [0.25, 0.3) is 0 Å². The molecule has 1 aliphatic rings. The van der Waals surface area contributed by atoms with Crippen molar-refractivity contribution in [2.75, 3.05) is 0 Å². The van der Waals surface area contributed by atoms with Crippen LogP contribution in [0.15, 0.2) is 22.4 Å². The topological polar surface area (TPSA) is 52.0 Å². The van der Waals surface area contributed by atoms with Crippen LogP contribution in [0.4, 0.5) is 0 Å². The van der Waals surface area contributed by atoms with Crippen molar-refractivity contribution < 1.29 is 0 Å². The Morgan fingerprint density at radius 2 is 1.92 bits per heavy atom. The quantitative estimate of drug-likeness (QED) is 0.683. The van der Waals surface area contributed by atoms with Crippen LogP contribution in [-0.2, 0) is 0 Å². The van der Waals surface area contributed by atoms with Gasteiger partial charge in [-0.05, 0) is 37.3 Å². The fourth-order valence-corrected chi connectivity index (χ4v) is 2.03. The van der Waals surface area contributed by atoms with E-state index in [0.717, 1.165) is 25.0 Å². The van der Waals surface area contributed by atoms with Crippen LogP contribution in [0.25, 0.3) is 0 Å². The summed E-state index contributed by atoms with van der Waals surface area (Å²) >= 11 is 0. The van der Waals surface area contributed by atoms with E-state index in [1.54, 1.807) is 0 Å². The average Bonchev–Trinajstić information content (AvgIpc) is 2.12. The SMILES string of the molecule is CCC1=C(C)C(N)=C(CC)C(N)C1. The summed E-state index contributed by atoms with van der Waals surface area (Å²) in [5.74, 6) is 0. The standard InChI is InChI=1S/C11H20N2/c1-4-8-6-10(12)9(5-2)11(13)7(8)3/h10H,4-6,12-13H2,1-3H3. The predicted octanol–water partition coefficient (Wildman–Crippen LogP) is 2.07. The molecule has 4 N–H and O–H groups in total. The Kier molecular flexibility index (Phi) is 3.15. The van der Waals surface area contributed by atoms with Crippen LogP contribution in [-0.4, -0.2) is 6.04 Å². The first kappa shape index (κ1) is 10.3. The third-order valence-electron chi connectivity index (χ3n) is 3.00. The normalized spacial score (nSPS) is 24.2. The lowest BCUT2D eigenvalue weighted by Crippen LogP contribution is -2.30. The van der Waals surface area contributed by atoms with Crippen LogP contribution in [0.2, 0.25) is 0 Å². The summed E-state index contributed by atoms with van der Waals surface area (Å²) in [5, 5.41) is 0. The molecule has 13 heavy (non-hydrogen) atoms. The minimum Gasteiger partial charge on any atom is -0.399 e. The van der Waals surface area contributed by atoms with Crippen molar-refractivity contribution in [2.24, 2.45) is 11.5 Å². The molecular weight excluding hydrogens is 160 g/mol. The molecule has 0 aromatic heterocycles. The fraction of sp³-hybridized carbons (Fsp3) is 0.636. The molecule has 0 aromatic carbocycles. The zero-order valence-electron chi connectivity index (χ0n) is 8.85. The van der Waals surface area contributed by atoms with Gasteiger partial charge in [0.05, 0.1) is 0 Å². The van der Waals surface area contributed by atoms with E-state index in [1.165, 1.54) is 16.7 Å². The molecule has 0 saturated carbocycles. The highest BCUT2D eigenvalue weighted by atomic mass is 14.7. The molecule has 1 atom stereocenters. The van der Waals surface area contributed by atoms with Gasteiger partial charge >= 0.3 is 0 Å². The number of allylic oxidation sites excluding steroid dienone is 1. The van der Waals surface area contributed by atoms with Crippen molar-refractivity contribution in [1.29, 1.82) is 0 Å². The summed E-state index contributed by atoms with van der Waals surface area (Å²) < 4.78 is 0. The highest BCUT2D eigenvalue weighted by Crippen LogP contribution is 2.29. The van der Waals surface area contributed by atoms with Crippen molar-refractivity contribution in [3.63, 3.8) is 0 Å². The lowest BCUT2D eigenvalue weighted by molar-refractivity contribution is 0.678. The van der Waals surface area contributed by atoms with Crippen LogP contribution in [0, 0.1) is 0 Å². The van der Waals surface area contributed by atoms with Crippen molar-refractivity contribution in [1.82, 2.24) is 0 Å². The smallest absolute Gasteiger partial charge is 0.0350 e. The molecule has 1 rings (SSSR count). The van der Waals surface area contributed by atoms with E-state index in [1.807, 2.05) is 0 Å². The fourth-order valence-electron chi connectivity index (χ4n) is 2.03. The van der Waals surface area contributed by atoms with Crippen LogP contribution >= 0.6 is 0 Å². The summed E-state index contributed by atoms with van der Waals surface area (Å²) in [5.41, 5.74) is 16.9. The van der Waals surface area contributed by atoms with E-state index in [4.69, 9.17) is 11.5 Å². The van der Waals surface area contributed by atoms with Gasteiger partial charge in [-0.1, -0.05) is 19.4 Å². The van der Waals surface area contributed by atoms with E-state index < -0.39 is 0 Å². The summed E-state index contributed by atoms with van der Waals surface area (Å²) in [6.07, 6.45) is 3.03. The van der Waals surface area contributed by atoms with Crippen LogP contribution < -0.4 is 11.5 Å². The molecule has 0 bridgehead atoms. The molecular formula is C11H20N2. The lowest BCUT2D eigenvalue weighted by Gasteiger charge is -2.26. The summed E-state index contributed by atoms with van der Waals surface area (Å²) in [7, 11) is 0. The summed E-state index contributed by atoms with van der Waals surface area (Å²) in [6, 6.07) is 0.156. The molecule has 2 heteroatoms. The third kappa shape index (κ3) is 1.78. The van der Waals surface area contributed by atoms with Gasteiger partial charge in [0.15, 0.2) is 0 Å². The van der Waals surface area contributed by atoms with E-state index >= 15 is 0 Å². The zero-order valence-corrected chi connectivity index (χ0v) is 8.85. The maximum Gasteiger partial charge on any atom is 0.0350 e. The first-order valence-electron chi connectivity index (χ1n) is 5.04. The van der Waals surface area contributed by atoms with Gasteiger partial charge in [-0.3, -0.25) is 0 Å². The first-order chi connectivity index (χ1) is 6.11. The Labute approximate surface area is 80.7 Å². The molecule has 1 aliphatic carbocycles. The predicted molar refractivity (Wildman–Crippen MR) is 57.1 cm³/mol. The third-order valence-corrected chi connectivity index (χ3v) is 3.00. The molecule has 0 aliphatic heterocycles. The Hall–Kier alpha value is -0.760. The minimum absolute atomic E-state index is 0.156. The van der Waals surface area contributed by atoms with Gasteiger partial charge in [-0.25, -0.2) is 0 Å². The van der Waals surface area contributed by atoms with Crippen LogP contribution in [0.1, 0.15) is 40.0 Å². The molecule has 0 amide bonds. The zero-order chi connectivity index (χ0) is 10.0. The van der Waals surface area contributed by atoms with Gasteiger partial charge in [0.1, 0.15) is 0 Å². The van der Waals surface area contributed by atoms with Crippen molar-refractivity contribution >= 4 is 0 Å². The van der Waals surface area contributed by atoms with Crippen molar-refractivity contribution in [3.8, 4) is 0 Å². The van der Waals surface area contributed by atoms with Gasteiger partial charge in [0, 0.05) is 11.7 Å². The average molecular weight is 180 g/mol. The van der Waals surface area contributed by atoms with E-state index in [0.29, 0.717) is 0 Å². The first-order valence-corrected chi connectivity index (χ1v) is 5.04. The van der Waals surface area contributed by atoms with Gasteiger partial charge in [-0.15, -0.1) is 0 Å². The van der Waals surface area contributed by atoms with Gasteiger partial charge in [-0.2, -0.15) is 0 Å². The second-order valence-corrected chi connectivity index (χ2v) is 3.69. The monoisotopic (exact) mass is 180 g/mol. The molecule has 2 nitrogen and oxygen atoms in total. The highest BCUT2D eigenvalue weighted by Gasteiger charge is 2.20. The Morgan fingerprint density at radius 3 is 2.38 bits per heavy atom. The molecule has 1 unspecified atom stereocenters. The largest absolute Gasteiger partial charge is 0.399 e. The second-order valence-electron chi connectivity index (χ2n) is 3.69. The highest BCUT2D eigenvalue weighted by molar-refractivity contribution is 5.42. The van der Waals surface area contributed by atoms with Gasteiger partial charge < -0.3 is 11.5 Å². The molecule has 0 radical (unpaired) electrons.